The highest BCUT2D eigenvalue weighted by Gasteiger charge is 2.10. The lowest BCUT2D eigenvalue weighted by molar-refractivity contribution is 0.561. The molecule has 1 N–H and O–H groups in total. The molecular weight excluding hydrogens is 246 g/mol. The fraction of sp³-hybridized carbons (Fsp3) is 0.429. The van der Waals surface area contributed by atoms with Gasteiger partial charge in [0.2, 0.25) is 0 Å². The Bertz CT molecular complexity index is 431. The Hall–Kier alpha value is -0.640. The van der Waals surface area contributed by atoms with Crippen molar-refractivity contribution in [2.45, 2.75) is 32.2 Å². The second-order valence-corrected chi connectivity index (χ2v) is 6.28. The zero-order chi connectivity index (χ0) is 12.1. The van der Waals surface area contributed by atoms with Crippen molar-refractivity contribution in [3.05, 3.63) is 44.3 Å². The molecule has 0 aliphatic carbocycles. The topological polar surface area (TPSA) is 12.0 Å². The van der Waals surface area contributed by atoms with Crippen LogP contribution in [0.5, 0.6) is 0 Å². The molecule has 2 heterocycles. The summed E-state index contributed by atoms with van der Waals surface area (Å²) in [5.74, 6) is 0. The Kier molecular flexibility index (Phi) is 4.77. The minimum Gasteiger partial charge on any atom is -0.316 e. The van der Waals surface area contributed by atoms with Gasteiger partial charge in [-0.05, 0) is 60.8 Å². The largest absolute Gasteiger partial charge is 0.316 e. The van der Waals surface area contributed by atoms with Crippen LogP contribution < -0.4 is 5.32 Å². The minimum atomic E-state index is 0.549. The molecule has 0 saturated heterocycles. The molecule has 3 heteroatoms. The van der Waals surface area contributed by atoms with Gasteiger partial charge in [0, 0.05) is 15.8 Å². The second kappa shape index (κ2) is 6.34. The molecule has 2 aromatic rings. The number of aryl methyl sites for hydroxylation is 1. The molecule has 0 aliphatic heterocycles. The van der Waals surface area contributed by atoms with Gasteiger partial charge in [-0.1, -0.05) is 6.92 Å². The number of hydrogen-bond donors (Lipinski definition) is 1. The minimum absolute atomic E-state index is 0.549. The highest BCUT2D eigenvalue weighted by Crippen LogP contribution is 2.20. The van der Waals surface area contributed by atoms with Crippen molar-refractivity contribution in [3.63, 3.8) is 0 Å². The van der Waals surface area contributed by atoms with Crippen molar-refractivity contribution in [1.82, 2.24) is 5.32 Å². The quantitative estimate of drug-likeness (QED) is 0.839. The van der Waals surface area contributed by atoms with Crippen molar-refractivity contribution in [2.75, 3.05) is 7.05 Å². The van der Waals surface area contributed by atoms with E-state index in [1.807, 2.05) is 11.3 Å². The summed E-state index contributed by atoms with van der Waals surface area (Å²) in [5.41, 5.74) is 1.45. The zero-order valence-corrected chi connectivity index (χ0v) is 12.0. The molecule has 2 rings (SSSR count). The fourth-order valence-corrected chi connectivity index (χ4v) is 3.65. The zero-order valence-electron chi connectivity index (χ0n) is 10.4. The fourth-order valence-electron chi connectivity index (χ4n) is 1.93. The smallest absolute Gasteiger partial charge is 0.0153 e. The van der Waals surface area contributed by atoms with Gasteiger partial charge >= 0.3 is 0 Å². The SMILES string of the molecule is CCc1ccc(CC(Cc2ccsc2)NC)s1. The maximum absolute atomic E-state index is 3.43. The summed E-state index contributed by atoms with van der Waals surface area (Å²) in [5, 5.41) is 7.83. The number of nitrogens with one attached hydrogen (secondary N) is 1. The number of thiophene rings is 2. The summed E-state index contributed by atoms with van der Waals surface area (Å²) in [4.78, 5) is 2.99. The van der Waals surface area contributed by atoms with Gasteiger partial charge in [0.25, 0.3) is 0 Å². The third-order valence-electron chi connectivity index (χ3n) is 2.98. The van der Waals surface area contributed by atoms with Gasteiger partial charge in [0.15, 0.2) is 0 Å². The van der Waals surface area contributed by atoms with Gasteiger partial charge in [-0.3, -0.25) is 0 Å². The van der Waals surface area contributed by atoms with Crippen molar-refractivity contribution >= 4 is 22.7 Å². The third-order valence-corrected chi connectivity index (χ3v) is 4.97. The highest BCUT2D eigenvalue weighted by atomic mass is 32.1. The van der Waals surface area contributed by atoms with E-state index < -0.39 is 0 Å². The van der Waals surface area contributed by atoms with E-state index in [0.717, 1.165) is 19.3 Å². The molecule has 1 unspecified atom stereocenters. The molecule has 0 spiro atoms. The lowest BCUT2D eigenvalue weighted by Gasteiger charge is -2.14. The molecule has 0 radical (unpaired) electrons. The van der Waals surface area contributed by atoms with Crippen LogP contribution in [0.1, 0.15) is 22.2 Å². The van der Waals surface area contributed by atoms with Crippen molar-refractivity contribution in [3.8, 4) is 0 Å². The molecule has 92 valence electrons. The third kappa shape index (κ3) is 3.66. The standard InChI is InChI=1S/C14H19NS2/c1-3-13-4-5-14(17-13)9-12(15-2)8-11-6-7-16-10-11/h4-7,10,12,15H,3,8-9H2,1-2H3. The lowest BCUT2D eigenvalue weighted by Crippen LogP contribution is -2.29. The van der Waals surface area contributed by atoms with Crippen molar-refractivity contribution in [2.24, 2.45) is 0 Å². The molecular formula is C14H19NS2. The first kappa shape index (κ1) is 12.8. The predicted octanol–water partition coefficient (Wildman–Crippen LogP) is 3.75. The average molecular weight is 265 g/mol. The van der Waals surface area contributed by atoms with E-state index >= 15 is 0 Å². The Balaban J connectivity index is 1.95. The number of rotatable bonds is 6. The van der Waals surface area contributed by atoms with Gasteiger partial charge in [-0.15, -0.1) is 11.3 Å². The van der Waals surface area contributed by atoms with Crippen LogP contribution in [-0.4, -0.2) is 13.1 Å². The Morgan fingerprint density at radius 3 is 2.59 bits per heavy atom. The normalized spacial score (nSPS) is 12.8. The molecule has 0 saturated carbocycles. The Labute approximate surface area is 112 Å². The van der Waals surface area contributed by atoms with Crippen LogP contribution in [-0.2, 0) is 19.3 Å². The molecule has 1 atom stereocenters. The van der Waals surface area contributed by atoms with Crippen LogP contribution in [0.2, 0.25) is 0 Å². The summed E-state index contributed by atoms with van der Waals surface area (Å²) in [7, 11) is 2.06. The van der Waals surface area contributed by atoms with Crippen LogP contribution >= 0.6 is 22.7 Å². The van der Waals surface area contributed by atoms with Crippen LogP contribution in [0.15, 0.2) is 29.0 Å². The summed E-state index contributed by atoms with van der Waals surface area (Å²) in [6.07, 6.45) is 3.41. The molecule has 0 aromatic carbocycles. The molecule has 0 bridgehead atoms. The monoisotopic (exact) mass is 265 g/mol. The first-order chi connectivity index (χ1) is 8.31. The number of likely N-dealkylation sites (N-methyl/N-ethyl adjacent to an activating group) is 1. The first-order valence-electron chi connectivity index (χ1n) is 6.07. The van der Waals surface area contributed by atoms with Crippen molar-refractivity contribution < 1.29 is 0 Å². The van der Waals surface area contributed by atoms with E-state index in [0.29, 0.717) is 6.04 Å². The van der Waals surface area contributed by atoms with E-state index in [9.17, 15) is 0 Å². The molecule has 2 aromatic heterocycles. The second-order valence-electron chi connectivity index (χ2n) is 4.25. The molecule has 0 amide bonds. The maximum Gasteiger partial charge on any atom is 0.0153 e. The summed E-state index contributed by atoms with van der Waals surface area (Å²) in [6, 6.07) is 7.31. The summed E-state index contributed by atoms with van der Waals surface area (Å²) >= 11 is 3.73. The van der Waals surface area contributed by atoms with Gasteiger partial charge in [0.1, 0.15) is 0 Å². The van der Waals surface area contributed by atoms with Gasteiger partial charge in [-0.25, -0.2) is 0 Å². The highest BCUT2D eigenvalue weighted by molar-refractivity contribution is 7.12. The first-order valence-corrected chi connectivity index (χ1v) is 7.83. The van der Waals surface area contributed by atoms with E-state index in [1.165, 1.54) is 15.3 Å². The molecule has 17 heavy (non-hydrogen) atoms. The Morgan fingerprint density at radius 1 is 1.18 bits per heavy atom. The van der Waals surface area contributed by atoms with Crippen LogP contribution in [0, 0.1) is 0 Å². The molecule has 1 nitrogen and oxygen atoms in total. The van der Waals surface area contributed by atoms with E-state index in [1.54, 1.807) is 11.3 Å². The van der Waals surface area contributed by atoms with Crippen LogP contribution in [0.25, 0.3) is 0 Å². The van der Waals surface area contributed by atoms with E-state index in [2.05, 4.69) is 48.2 Å². The number of hydrogen-bond acceptors (Lipinski definition) is 3. The predicted molar refractivity (Wildman–Crippen MR) is 78.3 cm³/mol. The van der Waals surface area contributed by atoms with E-state index in [4.69, 9.17) is 0 Å². The van der Waals surface area contributed by atoms with Gasteiger partial charge in [-0.2, -0.15) is 11.3 Å². The maximum atomic E-state index is 3.43. The van der Waals surface area contributed by atoms with Crippen molar-refractivity contribution in [1.29, 1.82) is 0 Å². The lowest BCUT2D eigenvalue weighted by atomic mass is 10.1. The van der Waals surface area contributed by atoms with Crippen LogP contribution in [0.4, 0.5) is 0 Å². The average Bonchev–Trinajstić information content (AvgIpc) is 2.99. The van der Waals surface area contributed by atoms with E-state index in [-0.39, 0.29) is 0 Å². The van der Waals surface area contributed by atoms with Gasteiger partial charge < -0.3 is 5.32 Å². The van der Waals surface area contributed by atoms with Gasteiger partial charge in [0.05, 0.1) is 0 Å². The molecule has 0 aliphatic rings. The molecule has 0 fully saturated rings. The summed E-state index contributed by atoms with van der Waals surface area (Å²) < 4.78 is 0. The van der Waals surface area contributed by atoms with Crippen LogP contribution in [0.3, 0.4) is 0 Å². The summed E-state index contributed by atoms with van der Waals surface area (Å²) in [6.45, 7) is 2.22. The Morgan fingerprint density at radius 2 is 2.00 bits per heavy atom.